The minimum atomic E-state index is -1.01. The Bertz CT molecular complexity index is 377. The van der Waals surface area contributed by atoms with Crippen LogP contribution in [0.25, 0.3) is 0 Å². The zero-order valence-corrected chi connectivity index (χ0v) is 12.0. The van der Waals surface area contributed by atoms with Crippen molar-refractivity contribution in [3.8, 4) is 0 Å². The summed E-state index contributed by atoms with van der Waals surface area (Å²) in [7, 11) is 0.889. The fourth-order valence-corrected chi connectivity index (χ4v) is 2.91. The Labute approximate surface area is 98.9 Å². The van der Waals surface area contributed by atoms with Crippen molar-refractivity contribution in [3.05, 3.63) is 17.7 Å². The molecule has 1 aromatic rings. The van der Waals surface area contributed by atoms with Crippen LogP contribution in [0.3, 0.4) is 0 Å². The Morgan fingerprint density at radius 2 is 2.06 bits per heavy atom. The molecule has 3 nitrogen and oxygen atoms in total. The van der Waals surface area contributed by atoms with E-state index in [-0.39, 0.29) is 5.78 Å². The molecule has 0 saturated heterocycles. The van der Waals surface area contributed by atoms with Crippen molar-refractivity contribution in [2.24, 2.45) is 7.05 Å². The van der Waals surface area contributed by atoms with Crippen LogP contribution in [0.1, 0.15) is 29.2 Å². The molecule has 1 heterocycles. The Balaban J connectivity index is 2.51. The fraction of sp³-hybridized carbons (Fsp3) is 0.667. The summed E-state index contributed by atoms with van der Waals surface area (Å²) in [4.78, 5) is 16.1. The molecule has 0 aromatic carbocycles. The Morgan fingerprint density at radius 1 is 1.44 bits per heavy atom. The number of ketones is 1. The summed E-state index contributed by atoms with van der Waals surface area (Å²) < 4.78 is 1.87. The van der Waals surface area contributed by atoms with E-state index in [0.717, 1.165) is 17.9 Å². The zero-order valence-electron chi connectivity index (χ0n) is 11.0. The predicted octanol–water partition coefficient (Wildman–Crippen LogP) is 3.03. The first-order chi connectivity index (χ1) is 7.31. The highest BCUT2D eigenvalue weighted by Gasteiger charge is 2.15. The molecular formula is C12H22N2OSi. The van der Waals surface area contributed by atoms with Crippen LogP contribution < -0.4 is 0 Å². The number of nitrogens with zero attached hydrogens (tertiary/aromatic N) is 2. The van der Waals surface area contributed by atoms with Gasteiger partial charge in [0.15, 0.2) is 5.78 Å². The molecule has 1 aromatic heterocycles. The van der Waals surface area contributed by atoms with Crippen molar-refractivity contribution in [2.45, 2.75) is 45.5 Å². The largest absolute Gasteiger partial charge is 0.329 e. The standard InChI is InChI=1S/C12H22N2OSi/c1-10-13-9-11(14(10)2)12(15)7-6-8-16(3,4)5/h9H,6-8H2,1-5H3. The van der Waals surface area contributed by atoms with Gasteiger partial charge in [-0.25, -0.2) is 4.98 Å². The molecule has 0 atom stereocenters. The van der Waals surface area contributed by atoms with Gasteiger partial charge in [-0.15, -0.1) is 0 Å². The number of carbonyl (C=O) groups is 1. The topological polar surface area (TPSA) is 34.9 Å². The van der Waals surface area contributed by atoms with Gasteiger partial charge in [0, 0.05) is 21.5 Å². The van der Waals surface area contributed by atoms with E-state index in [9.17, 15) is 4.79 Å². The molecule has 0 amide bonds. The Hall–Kier alpha value is -0.903. The van der Waals surface area contributed by atoms with E-state index < -0.39 is 8.07 Å². The van der Waals surface area contributed by atoms with E-state index in [0.29, 0.717) is 6.42 Å². The third-order valence-corrected chi connectivity index (χ3v) is 4.69. The van der Waals surface area contributed by atoms with Crippen LogP contribution in [-0.2, 0) is 7.05 Å². The summed E-state index contributed by atoms with van der Waals surface area (Å²) in [6, 6.07) is 1.22. The Morgan fingerprint density at radius 3 is 2.50 bits per heavy atom. The van der Waals surface area contributed by atoms with Gasteiger partial charge in [-0.1, -0.05) is 25.7 Å². The number of hydrogen-bond acceptors (Lipinski definition) is 2. The second-order valence-electron chi connectivity index (χ2n) is 5.59. The molecule has 0 aliphatic carbocycles. The van der Waals surface area contributed by atoms with E-state index >= 15 is 0 Å². The monoisotopic (exact) mass is 238 g/mol. The molecule has 0 fully saturated rings. The van der Waals surface area contributed by atoms with Gasteiger partial charge in [0.25, 0.3) is 0 Å². The lowest BCUT2D eigenvalue weighted by Gasteiger charge is -2.14. The molecule has 4 heteroatoms. The van der Waals surface area contributed by atoms with E-state index in [1.807, 2.05) is 18.5 Å². The number of carbonyl (C=O) groups excluding carboxylic acids is 1. The van der Waals surface area contributed by atoms with E-state index in [1.54, 1.807) is 6.20 Å². The van der Waals surface area contributed by atoms with Gasteiger partial charge in [0.1, 0.15) is 11.5 Å². The number of Topliss-reactive ketones (excluding diaryl/α,β-unsaturated/α-hetero) is 1. The Kier molecular flexibility index (Phi) is 4.07. The van der Waals surface area contributed by atoms with Crippen LogP contribution in [0.5, 0.6) is 0 Å². The highest BCUT2D eigenvalue weighted by Crippen LogP contribution is 2.15. The fourth-order valence-electron chi connectivity index (χ4n) is 1.67. The number of aromatic nitrogens is 2. The van der Waals surface area contributed by atoms with Gasteiger partial charge in [-0.2, -0.15) is 0 Å². The summed E-state index contributed by atoms with van der Waals surface area (Å²) >= 11 is 0. The van der Waals surface area contributed by atoms with Crippen LogP contribution in [0.2, 0.25) is 25.7 Å². The normalized spacial score (nSPS) is 11.8. The van der Waals surface area contributed by atoms with Crippen molar-refractivity contribution >= 4 is 13.9 Å². The lowest BCUT2D eigenvalue weighted by Crippen LogP contribution is -2.19. The van der Waals surface area contributed by atoms with Gasteiger partial charge >= 0.3 is 0 Å². The first-order valence-corrected chi connectivity index (χ1v) is 9.53. The van der Waals surface area contributed by atoms with Crippen molar-refractivity contribution in [2.75, 3.05) is 0 Å². The number of rotatable bonds is 5. The van der Waals surface area contributed by atoms with Gasteiger partial charge in [-0.05, 0) is 13.3 Å². The molecule has 0 aliphatic heterocycles. The summed E-state index contributed by atoms with van der Waals surface area (Å²) in [6.45, 7) is 8.93. The highest BCUT2D eigenvalue weighted by molar-refractivity contribution is 6.76. The molecule has 0 unspecified atom stereocenters. The molecule has 0 radical (unpaired) electrons. The second kappa shape index (κ2) is 4.95. The van der Waals surface area contributed by atoms with Crippen molar-refractivity contribution in [1.82, 2.24) is 9.55 Å². The molecule has 0 aliphatic rings. The molecular weight excluding hydrogens is 216 g/mol. The van der Waals surface area contributed by atoms with E-state index in [2.05, 4.69) is 24.6 Å². The van der Waals surface area contributed by atoms with Crippen molar-refractivity contribution < 1.29 is 4.79 Å². The smallest absolute Gasteiger partial charge is 0.180 e. The molecule has 0 N–H and O–H groups in total. The number of aryl methyl sites for hydroxylation is 1. The SMILES string of the molecule is Cc1ncc(C(=O)CCC[Si](C)(C)C)n1C. The minimum Gasteiger partial charge on any atom is -0.329 e. The maximum Gasteiger partial charge on any atom is 0.180 e. The van der Waals surface area contributed by atoms with Crippen LogP contribution in [-0.4, -0.2) is 23.4 Å². The predicted molar refractivity (Wildman–Crippen MR) is 69.7 cm³/mol. The molecule has 0 saturated carbocycles. The van der Waals surface area contributed by atoms with Gasteiger partial charge < -0.3 is 4.57 Å². The summed E-state index contributed by atoms with van der Waals surface area (Å²) in [5.41, 5.74) is 0.744. The zero-order chi connectivity index (χ0) is 12.3. The average Bonchev–Trinajstić information content (AvgIpc) is 2.45. The molecule has 16 heavy (non-hydrogen) atoms. The lowest BCUT2D eigenvalue weighted by atomic mass is 10.2. The van der Waals surface area contributed by atoms with E-state index in [4.69, 9.17) is 0 Å². The minimum absolute atomic E-state index is 0.223. The van der Waals surface area contributed by atoms with Crippen molar-refractivity contribution in [3.63, 3.8) is 0 Å². The molecule has 0 bridgehead atoms. The van der Waals surface area contributed by atoms with Gasteiger partial charge in [-0.3, -0.25) is 4.79 Å². The quantitative estimate of drug-likeness (QED) is 0.584. The van der Waals surface area contributed by atoms with Gasteiger partial charge in [0.05, 0.1) is 6.20 Å². The van der Waals surface area contributed by atoms with E-state index in [1.165, 1.54) is 6.04 Å². The number of imidazole rings is 1. The summed E-state index contributed by atoms with van der Waals surface area (Å²) in [6.07, 6.45) is 3.36. The van der Waals surface area contributed by atoms with Gasteiger partial charge in [0.2, 0.25) is 0 Å². The first kappa shape index (κ1) is 13.2. The highest BCUT2D eigenvalue weighted by atomic mass is 28.3. The molecule has 1 rings (SSSR count). The lowest BCUT2D eigenvalue weighted by molar-refractivity contribution is 0.0973. The van der Waals surface area contributed by atoms with Crippen LogP contribution in [0.15, 0.2) is 6.20 Å². The summed E-state index contributed by atoms with van der Waals surface area (Å²) in [5, 5.41) is 0. The maximum atomic E-state index is 11.9. The van der Waals surface area contributed by atoms with Crippen LogP contribution in [0.4, 0.5) is 0 Å². The molecule has 0 spiro atoms. The van der Waals surface area contributed by atoms with Crippen LogP contribution in [0, 0.1) is 6.92 Å². The van der Waals surface area contributed by atoms with Crippen molar-refractivity contribution in [1.29, 1.82) is 0 Å². The number of hydrogen-bond donors (Lipinski definition) is 0. The maximum absolute atomic E-state index is 11.9. The average molecular weight is 238 g/mol. The third-order valence-electron chi connectivity index (χ3n) is 2.84. The summed E-state index contributed by atoms with van der Waals surface area (Å²) in [5.74, 6) is 1.12. The van der Waals surface area contributed by atoms with Crippen LogP contribution >= 0.6 is 0 Å². The third kappa shape index (κ3) is 3.59. The first-order valence-electron chi connectivity index (χ1n) is 5.83. The molecule has 90 valence electrons. The second-order valence-corrected chi connectivity index (χ2v) is 11.2.